The molecule has 2 atom stereocenters. The Morgan fingerprint density at radius 3 is 2.63 bits per heavy atom. The van der Waals surface area contributed by atoms with Gasteiger partial charge in [0.2, 0.25) is 0 Å². The number of anilines is 1. The molecule has 2 aliphatic heterocycles. The monoisotopic (exact) mass is 519 g/mol. The number of aliphatic carboxylic acids is 1. The lowest BCUT2D eigenvalue weighted by Gasteiger charge is -2.36. The molecule has 0 aromatic heterocycles. The predicted octanol–water partition coefficient (Wildman–Crippen LogP) is 6.76. The zero-order valence-corrected chi connectivity index (χ0v) is 22.4. The number of rotatable bonds is 9. The van der Waals surface area contributed by atoms with E-state index in [2.05, 4.69) is 18.1 Å². The molecule has 7 heteroatoms. The number of halogens is 1. The summed E-state index contributed by atoms with van der Waals surface area (Å²) in [7, 11) is 2.00. The summed E-state index contributed by atoms with van der Waals surface area (Å²) in [6.45, 7) is 10.3. The van der Waals surface area contributed by atoms with Gasteiger partial charge in [0.25, 0.3) is 5.91 Å². The van der Waals surface area contributed by atoms with Crippen LogP contribution in [0.3, 0.4) is 0 Å². The Morgan fingerprint density at radius 2 is 1.95 bits per heavy atom. The van der Waals surface area contributed by atoms with Gasteiger partial charge in [-0.25, -0.2) is 4.39 Å². The quantitative estimate of drug-likeness (QED) is 0.293. The maximum atomic E-state index is 13.7. The van der Waals surface area contributed by atoms with Crippen molar-refractivity contribution < 1.29 is 19.1 Å². The highest BCUT2D eigenvalue weighted by molar-refractivity contribution is 6.02. The minimum absolute atomic E-state index is 0.0287. The fraction of sp³-hybridized carbons (Fsp3) is 0.387. The number of fused-ring (bicyclic) bond motifs is 1. The molecular formula is C31H38FN3O3. The molecule has 2 heterocycles. The van der Waals surface area contributed by atoms with E-state index in [9.17, 15) is 14.0 Å². The second kappa shape index (κ2) is 13.7. The molecule has 2 aromatic rings. The van der Waals surface area contributed by atoms with Gasteiger partial charge in [0.15, 0.2) is 0 Å². The Balaban J connectivity index is 0.00000127. The van der Waals surface area contributed by atoms with E-state index in [1.165, 1.54) is 6.07 Å². The summed E-state index contributed by atoms with van der Waals surface area (Å²) < 4.78 is 13.7. The molecule has 0 bridgehead atoms. The number of aliphatic imine (C=N–C) groups is 1. The van der Waals surface area contributed by atoms with Crippen molar-refractivity contribution in [1.82, 2.24) is 4.90 Å². The van der Waals surface area contributed by atoms with Crippen LogP contribution in [0.5, 0.6) is 0 Å². The molecule has 2 unspecified atom stereocenters. The van der Waals surface area contributed by atoms with E-state index < -0.39 is 5.97 Å². The number of nitrogens with zero attached hydrogens (tertiary/aromatic N) is 3. The minimum Gasteiger partial charge on any atom is -0.481 e. The molecule has 4 rings (SSSR count). The number of likely N-dealkylation sites (tertiary alicyclic amines) is 1. The first-order chi connectivity index (χ1) is 18.3. The van der Waals surface area contributed by atoms with Crippen molar-refractivity contribution >= 4 is 29.0 Å². The summed E-state index contributed by atoms with van der Waals surface area (Å²) in [5, 5.41) is 8.93. The van der Waals surface area contributed by atoms with Gasteiger partial charge < -0.3 is 14.9 Å². The van der Waals surface area contributed by atoms with Crippen LogP contribution in [0.1, 0.15) is 67.3 Å². The standard InChI is InChI=1S/C28H32FN3O3.C3H6/c1-3-7-23-25(10-4-5-11-27(33)34)31(2)26-17-20(12-13-24(26)30-23)28(35)32-15-14-21(18-32)19-8-6-9-22(29)16-19;1-3-2/h3,6,8-9,12-13,16-17,21,25H,1,4-5,7,10-11,14-15,18H2,2H3,(H,33,34);3H,1H2,2H3. The van der Waals surface area contributed by atoms with Crippen LogP contribution >= 0.6 is 0 Å². The molecule has 0 aliphatic carbocycles. The highest BCUT2D eigenvalue weighted by Crippen LogP contribution is 2.37. The van der Waals surface area contributed by atoms with E-state index in [0.29, 0.717) is 31.5 Å². The van der Waals surface area contributed by atoms with E-state index in [1.807, 2.05) is 49.2 Å². The van der Waals surface area contributed by atoms with Gasteiger partial charge in [0.1, 0.15) is 5.82 Å². The van der Waals surface area contributed by atoms with Gasteiger partial charge in [-0.05, 0) is 62.1 Å². The fourth-order valence-electron chi connectivity index (χ4n) is 5.12. The lowest BCUT2D eigenvalue weighted by atomic mass is 9.96. The molecule has 202 valence electrons. The van der Waals surface area contributed by atoms with Gasteiger partial charge in [0.05, 0.1) is 17.4 Å². The molecule has 2 aliphatic rings. The van der Waals surface area contributed by atoms with Crippen LogP contribution in [0.2, 0.25) is 0 Å². The summed E-state index contributed by atoms with van der Waals surface area (Å²) in [4.78, 5) is 33.1. The largest absolute Gasteiger partial charge is 0.481 e. The molecule has 2 aromatic carbocycles. The fourth-order valence-corrected chi connectivity index (χ4v) is 5.12. The molecule has 1 saturated heterocycles. The second-order valence-electron chi connectivity index (χ2n) is 9.77. The third-order valence-electron chi connectivity index (χ3n) is 6.99. The molecule has 38 heavy (non-hydrogen) atoms. The number of benzene rings is 2. The van der Waals surface area contributed by atoms with E-state index in [1.54, 1.807) is 18.2 Å². The Labute approximate surface area is 225 Å². The first-order valence-corrected chi connectivity index (χ1v) is 13.2. The Morgan fingerprint density at radius 1 is 1.18 bits per heavy atom. The van der Waals surface area contributed by atoms with E-state index in [-0.39, 0.29) is 30.1 Å². The maximum absolute atomic E-state index is 13.7. The Kier molecular flexibility index (Phi) is 10.4. The number of amides is 1. The van der Waals surface area contributed by atoms with E-state index in [4.69, 9.17) is 10.1 Å². The van der Waals surface area contributed by atoms with Gasteiger partial charge in [-0.1, -0.05) is 30.7 Å². The predicted molar refractivity (Wildman–Crippen MR) is 152 cm³/mol. The lowest BCUT2D eigenvalue weighted by Crippen LogP contribution is -2.40. The number of unbranched alkanes of at least 4 members (excludes halogenated alkanes) is 1. The molecule has 0 radical (unpaired) electrons. The van der Waals surface area contributed by atoms with Gasteiger partial charge in [0, 0.05) is 50.2 Å². The molecule has 6 nitrogen and oxygen atoms in total. The summed E-state index contributed by atoms with van der Waals surface area (Å²) in [6.07, 6.45) is 7.40. The van der Waals surface area contributed by atoms with Gasteiger partial charge in [-0.2, -0.15) is 0 Å². The number of hydrogen-bond acceptors (Lipinski definition) is 4. The molecule has 0 spiro atoms. The van der Waals surface area contributed by atoms with Crippen molar-refractivity contribution in [3.8, 4) is 0 Å². The van der Waals surface area contributed by atoms with Crippen molar-refractivity contribution in [2.45, 2.75) is 57.4 Å². The van der Waals surface area contributed by atoms with Crippen LogP contribution in [0.15, 0.2) is 72.8 Å². The normalized spacial score (nSPS) is 18.1. The van der Waals surface area contributed by atoms with Crippen LogP contribution in [0.25, 0.3) is 0 Å². The van der Waals surface area contributed by atoms with Crippen molar-refractivity contribution in [3.05, 3.63) is 84.7 Å². The summed E-state index contributed by atoms with van der Waals surface area (Å²) >= 11 is 0. The number of carbonyl (C=O) groups is 2. The van der Waals surface area contributed by atoms with Gasteiger partial charge in [-0.15, -0.1) is 13.2 Å². The van der Waals surface area contributed by atoms with Gasteiger partial charge in [-0.3, -0.25) is 14.6 Å². The van der Waals surface area contributed by atoms with Crippen LogP contribution in [-0.4, -0.2) is 53.8 Å². The second-order valence-corrected chi connectivity index (χ2v) is 9.77. The third kappa shape index (κ3) is 7.18. The average Bonchev–Trinajstić information content (AvgIpc) is 3.38. The van der Waals surface area contributed by atoms with Crippen LogP contribution in [0.4, 0.5) is 15.8 Å². The number of carbonyl (C=O) groups excluding carboxylic acids is 1. The highest BCUT2D eigenvalue weighted by atomic mass is 19.1. The number of carboxylic acid groups (broad SMARTS) is 1. The van der Waals surface area contributed by atoms with Crippen molar-refractivity contribution in [1.29, 1.82) is 0 Å². The molecule has 0 saturated carbocycles. The Hall–Kier alpha value is -3.74. The SMILES string of the molecule is C=CC.C=CCC1=Nc2ccc(C(=O)N3CCC(c4cccc(F)c4)C3)cc2N(C)C1CCCCC(=O)O. The zero-order valence-electron chi connectivity index (χ0n) is 22.4. The van der Waals surface area contributed by atoms with E-state index >= 15 is 0 Å². The molecule has 1 amide bonds. The number of allylic oxidation sites excluding steroid dienone is 2. The van der Waals surface area contributed by atoms with Crippen LogP contribution < -0.4 is 4.90 Å². The number of hydrogen-bond donors (Lipinski definition) is 1. The van der Waals surface area contributed by atoms with Crippen molar-refractivity contribution in [3.63, 3.8) is 0 Å². The van der Waals surface area contributed by atoms with Gasteiger partial charge >= 0.3 is 5.97 Å². The highest BCUT2D eigenvalue weighted by Gasteiger charge is 2.31. The van der Waals surface area contributed by atoms with E-state index in [0.717, 1.165) is 41.9 Å². The minimum atomic E-state index is -0.781. The van der Waals surface area contributed by atoms with Crippen LogP contribution in [0, 0.1) is 5.82 Å². The average molecular weight is 520 g/mol. The van der Waals surface area contributed by atoms with Crippen molar-refractivity contribution in [2.75, 3.05) is 25.0 Å². The Bertz CT molecular complexity index is 1190. The molecule has 1 N–H and O–H groups in total. The maximum Gasteiger partial charge on any atom is 0.303 e. The first kappa shape index (κ1) is 28.8. The third-order valence-corrected chi connectivity index (χ3v) is 6.99. The smallest absolute Gasteiger partial charge is 0.303 e. The number of carboxylic acids is 1. The first-order valence-electron chi connectivity index (χ1n) is 13.2. The topological polar surface area (TPSA) is 73.2 Å². The summed E-state index contributed by atoms with van der Waals surface area (Å²) in [5.74, 6) is -0.925. The lowest BCUT2D eigenvalue weighted by molar-refractivity contribution is -0.137. The van der Waals surface area contributed by atoms with Crippen LogP contribution in [-0.2, 0) is 4.79 Å². The molecule has 1 fully saturated rings. The molecular weight excluding hydrogens is 481 g/mol. The zero-order chi connectivity index (χ0) is 27.7. The van der Waals surface area contributed by atoms with Crippen molar-refractivity contribution in [2.24, 2.45) is 4.99 Å². The summed E-state index contributed by atoms with van der Waals surface area (Å²) in [6, 6.07) is 12.3. The summed E-state index contributed by atoms with van der Waals surface area (Å²) in [5.41, 5.74) is 4.26.